The molecule has 1 atom stereocenters. The standard InChI is InChI=1S/C11H14N4O2S2/c1-7(9-5-3-4-6-13-9)15-19(16,17)10-8(2)14-11(12)18-10/h3-7,15H,1-2H3,(H2,12,14). The molecule has 0 aliphatic carbocycles. The van der Waals surface area contributed by atoms with Gasteiger partial charge in [-0.25, -0.2) is 18.1 Å². The molecule has 2 aromatic rings. The van der Waals surface area contributed by atoms with Crippen molar-refractivity contribution in [2.24, 2.45) is 0 Å². The van der Waals surface area contributed by atoms with Gasteiger partial charge >= 0.3 is 0 Å². The summed E-state index contributed by atoms with van der Waals surface area (Å²) in [7, 11) is -3.63. The summed E-state index contributed by atoms with van der Waals surface area (Å²) in [4.78, 5) is 8.04. The predicted octanol–water partition coefficient (Wildman–Crippen LogP) is 1.47. The highest BCUT2D eigenvalue weighted by molar-refractivity contribution is 7.91. The van der Waals surface area contributed by atoms with Crippen molar-refractivity contribution in [3.05, 3.63) is 35.8 Å². The van der Waals surface area contributed by atoms with Gasteiger partial charge in [-0.15, -0.1) is 0 Å². The lowest BCUT2D eigenvalue weighted by molar-refractivity contribution is 0.565. The van der Waals surface area contributed by atoms with E-state index in [0.717, 1.165) is 11.3 Å². The highest BCUT2D eigenvalue weighted by Gasteiger charge is 2.24. The van der Waals surface area contributed by atoms with Gasteiger partial charge in [-0.05, 0) is 26.0 Å². The van der Waals surface area contributed by atoms with Gasteiger partial charge in [0.05, 0.1) is 17.4 Å². The van der Waals surface area contributed by atoms with Crippen LogP contribution in [-0.4, -0.2) is 18.4 Å². The number of nitrogens with one attached hydrogen (secondary N) is 1. The molecule has 0 aliphatic rings. The maximum Gasteiger partial charge on any atom is 0.252 e. The third-order valence-electron chi connectivity index (χ3n) is 2.48. The summed E-state index contributed by atoms with van der Waals surface area (Å²) >= 11 is 0.954. The van der Waals surface area contributed by atoms with Gasteiger partial charge in [-0.2, -0.15) is 0 Å². The fourth-order valence-electron chi connectivity index (χ4n) is 1.63. The van der Waals surface area contributed by atoms with E-state index in [4.69, 9.17) is 5.73 Å². The summed E-state index contributed by atoms with van der Waals surface area (Å²) in [5, 5.41) is 0.239. The van der Waals surface area contributed by atoms with Gasteiger partial charge < -0.3 is 5.73 Å². The zero-order valence-corrected chi connectivity index (χ0v) is 12.1. The van der Waals surface area contributed by atoms with Gasteiger partial charge in [-0.3, -0.25) is 4.98 Å². The molecule has 0 fully saturated rings. The number of aryl methyl sites for hydroxylation is 1. The minimum Gasteiger partial charge on any atom is -0.375 e. The van der Waals surface area contributed by atoms with Crippen molar-refractivity contribution >= 4 is 26.5 Å². The Morgan fingerprint density at radius 3 is 2.68 bits per heavy atom. The first-order valence-corrected chi connectivity index (χ1v) is 7.86. The van der Waals surface area contributed by atoms with Crippen molar-refractivity contribution in [1.82, 2.24) is 14.7 Å². The second-order valence-electron chi connectivity index (χ2n) is 4.02. The van der Waals surface area contributed by atoms with E-state index in [1.807, 2.05) is 6.07 Å². The second-order valence-corrected chi connectivity index (χ2v) is 6.96. The van der Waals surface area contributed by atoms with E-state index in [1.165, 1.54) is 0 Å². The molecular weight excluding hydrogens is 284 g/mol. The lowest BCUT2D eigenvalue weighted by Crippen LogP contribution is -2.27. The second kappa shape index (κ2) is 5.24. The third kappa shape index (κ3) is 3.09. The summed E-state index contributed by atoms with van der Waals surface area (Å²) in [5.41, 5.74) is 6.58. The monoisotopic (exact) mass is 298 g/mol. The molecule has 19 heavy (non-hydrogen) atoms. The van der Waals surface area contributed by atoms with Gasteiger partial charge in [0.25, 0.3) is 10.0 Å². The first-order valence-electron chi connectivity index (χ1n) is 5.56. The fourth-order valence-corrected chi connectivity index (χ4v) is 4.16. The number of aromatic nitrogens is 2. The number of hydrogen-bond acceptors (Lipinski definition) is 6. The van der Waals surface area contributed by atoms with Crippen LogP contribution >= 0.6 is 11.3 Å². The maximum atomic E-state index is 12.2. The van der Waals surface area contributed by atoms with Crippen molar-refractivity contribution in [3.8, 4) is 0 Å². The maximum absolute atomic E-state index is 12.2. The minimum atomic E-state index is -3.63. The van der Waals surface area contributed by atoms with Gasteiger partial charge in [0.2, 0.25) is 0 Å². The predicted molar refractivity (Wildman–Crippen MR) is 74.2 cm³/mol. The highest BCUT2D eigenvalue weighted by atomic mass is 32.2. The van der Waals surface area contributed by atoms with Crippen LogP contribution in [0.15, 0.2) is 28.6 Å². The van der Waals surface area contributed by atoms with Crippen LogP contribution in [0, 0.1) is 6.92 Å². The van der Waals surface area contributed by atoms with Crippen LogP contribution in [0.25, 0.3) is 0 Å². The molecule has 2 rings (SSSR count). The van der Waals surface area contributed by atoms with Gasteiger partial charge in [0.15, 0.2) is 9.34 Å². The Hall–Kier alpha value is -1.51. The summed E-state index contributed by atoms with van der Waals surface area (Å²) in [6.07, 6.45) is 1.62. The zero-order valence-electron chi connectivity index (χ0n) is 10.5. The summed E-state index contributed by atoms with van der Waals surface area (Å²) in [5.74, 6) is 0. The fraction of sp³-hybridized carbons (Fsp3) is 0.273. The normalized spacial score (nSPS) is 13.4. The molecule has 0 amide bonds. The number of thiazole rings is 1. The Bertz CT molecular complexity index is 667. The summed E-state index contributed by atoms with van der Waals surface area (Å²) in [6.45, 7) is 3.35. The van der Waals surface area contributed by atoms with Crippen LogP contribution in [0.3, 0.4) is 0 Å². The van der Waals surface area contributed by atoms with E-state index < -0.39 is 16.1 Å². The van der Waals surface area contributed by atoms with E-state index in [0.29, 0.717) is 11.4 Å². The molecule has 0 radical (unpaired) electrons. The van der Waals surface area contributed by atoms with Crippen molar-refractivity contribution in [1.29, 1.82) is 0 Å². The largest absolute Gasteiger partial charge is 0.375 e. The molecule has 1 unspecified atom stereocenters. The van der Waals surface area contributed by atoms with Crippen LogP contribution in [0.1, 0.15) is 24.4 Å². The molecule has 0 spiro atoms. The SMILES string of the molecule is Cc1nc(N)sc1S(=O)(=O)NC(C)c1ccccn1. The Labute approximate surface area is 115 Å². The minimum absolute atomic E-state index is 0.146. The first kappa shape index (κ1) is 13.9. The number of hydrogen-bond donors (Lipinski definition) is 2. The van der Waals surface area contributed by atoms with E-state index >= 15 is 0 Å². The lowest BCUT2D eigenvalue weighted by atomic mass is 10.2. The molecule has 6 nitrogen and oxygen atoms in total. The van der Waals surface area contributed by atoms with Crippen molar-refractivity contribution < 1.29 is 8.42 Å². The topological polar surface area (TPSA) is 98.0 Å². The number of pyridine rings is 1. The molecule has 0 saturated heterocycles. The van der Waals surface area contributed by atoms with Crippen LogP contribution in [-0.2, 0) is 10.0 Å². The van der Waals surface area contributed by atoms with Crippen LogP contribution in [0.4, 0.5) is 5.13 Å². The molecule has 2 aromatic heterocycles. The van der Waals surface area contributed by atoms with E-state index in [1.54, 1.807) is 32.2 Å². The summed E-state index contributed by atoms with van der Waals surface area (Å²) < 4.78 is 27.2. The lowest BCUT2D eigenvalue weighted by Gasteiger charge is -2.12. The molecule has 2 heterocycles. The number of anilines is 1. The molecule has 8 heteroatoms. The summed E-state index contributed by atoms with van der Waals surface area (Å²) in [6, 6.07) is 4.93. The number of nitrogen functional groups attached to an aromatic ring is 1. The number of sulfonamides is 1. The van der Waals surface area contributed by atoms with Crippen LogP contribution in [0.2, 0.25) is 0 Å². The Kier molecular flexibility index (Phi) is 3.83. The molecule has 0 aliphatic heterocycles. The van der Waals surface area contributed by atoms with Crippen molar-refractivity contribution in [2.45, 2.75) is 24.1 Å². The molecule has 0 bridgehead atoms. The molecule has 102 valence electrons. The van der Waals surface area contributed by atoms with Crippen LogP contribution < -0.4 is 10.5 Å². The average Bonchev–Trinajstić information content (AvgIpc) is 2.70. The third-order valence-corrected chi connectivity index (χ3v) is 5.61. The Morgan fingerprint density at radius 2 is 2.16 bits per heavy atom. The number of nitrogens with two attached hydrogens (primary N) is 1. The van der Waals surface area contributed by atoms with Crippen molar-refractivity contribution in [3.63, 3.8) is 0 Å². The Morgan fingerprint density at radius 1 is 1.42 bits per heavy atom. The van der Waals surface area contributed by atoms with E-state index in [9.17, 15) is 8.42 Å². The first-order chi connectivity index (χ1) is 8.90. The molecular formula is C11H14N4O2S2. The average molecular weight is 298 g/mol. The molecule has 0 aromatic carbocycles. The van der Waals surface area contributed by atoms with Gasteiger partial charge in [0, 0.05) is 6.20 Å². The van der Waals surface area contributed by atoms with E-state index in [2.05, 4.69) is 14.7 Å². The van der Waals surface area contributed by atoms with Gasteiger partial charge in [-0.1, -0.05) is 17.4 Å². The highest BCUT2D eigenvalue weighted by Crippen LogP contribution is 2.26. The number of rotatable bonds is 4. The van der Waals surface area contributed by atoms with Gasteiger partial charge in [0.1, 0.15) is 0 Å². The quantitative estimate of drug-likeness (QED) is 0.890. The van der Waals surface area contributed by atoms with Crippen molar-refractivity contribution in [2.75, 3.05) is 5.73 Å². The zero-order chi connectivity index (χ0) is 14.0. The number of nitrogens with zero attached hydrogens (tertiary/aromatic N) is 2. The van der Waals surface area contributed by atoms with Crippen LogP contribution in [0.5, 0.6) is 0 Å². The smallest absolute Gasteiger partial charge is 0.252 e. The molecule has 3 N–H and O–H groups in total. The Balaban J connectivity index is 2.25. The molecule has 0 saturated carbocycles. The van der Waals surface area contributed by atoms with E-state index in [-0.39, 0.29) is 9.34 Å².